The van der Waals surface area contributed by atoms with E-state index in [1.807, 2.05) is 13.0 Å². The van der Waals surface area contributed by atoms with E-state index in [9.17, 15) is 4.79 Å². The molecule has 8 nitrogen and oxygen atoms in total. The number of piperazine rings is 1. The molecule has 0 aromatic carbocycles. The van der Waals surface area contributed by atoms with Gasteiger partial charge >= 0.3 is 0 Å². The monoisotopic (exact) mass is 341 g/mol. The second-order valence-corrected chi connectivity index (χ2v) is 6.18. The van der Waals surface area contributed by atoms with Gasteiger partial charge < -0.3 is 10.2 Å². The molecular weight excluding hydrogens is 318 g/mol. The molecule has 1 saturated heterocycles. The Kier molecular flexibility index (Phi) is 5.84. The van der Waals surface area contributed by atoms with Gasteiger partial charge in [-0.05, 0) is 13.0 Å². The van der Waals surface area contributed by atoms with Gasteiger partial charge in [-0.25, -0.2) is 9.97 Å². The van der Waals surface area contributed by atoms with Crippen LogP contribution in [0.25, 0.3) is 0 Å². The van der Waals surface area contributed by atoms with Crippen LogP contribution in [0.15, 0.2) is 37.1 Å². The minimum Gasteiger partial charge on any atom is -0.352 e. The van der Waals surface area contributed by atoms with Crippen molar-refractivity contribution in [2.75, 3.05) is 37.6 Å². The van der Waals surface area contributed by atoms with E-state index < -0.39 is 0 Å². The van der Waals surface area contributed by atoms with Gasteiger partial charge in [-0.1, -0.05) is 0 Å². The third kappa shape index (κ3) is 5.18. The van der Waals surface area contributed by atoms with Crippen LogP contribution >= 0.6 is 0 Å². The Morgan fingerprint density at radius 3 is 2.56 bits per heavy atom. The van der Waals surface area contributed by atoms with Gasteiger partial charge in [-0.2, -0.15) is 0 Å². The summed E-state index contributed by atoms with van der Waals surface area (Å²) in [5.41, 5.74) is 0.881. The van der Waals surface area contributed by atoms with Gasteiger partial charge in [0.05, 0.1) is 12.2 Å². The fraction of sp³-hybridized carbons (Fsp3) is 0.471. The van der Waals surface area contributed by atoms with Crippen LogP contribution in [-0.2, 0) is 11.2 Å². The van der Waals surface area contributed by atoms with E-state index in [1.54, 1.807) is 31.0 Å². The highest BCUT2D eigenvalue weighted by Gasteiger charge is 2.21. The highest BCUT2D eigenvalue weighted by atomic mass is 16.2. The first-order valence-corrected chi connectivity index (χ1v) is 8.49. The summed E-state index contributed by atoms with van der Waals surface area (Å²) >= 11 is 0. The first-order valence-electron chi connectivity index (χ1n) is 8.49. The van der Waals surface area contributed by atoms with Gasteiger partial charge in [0.2, 0.25) is 11.9 Å². The molecule has 0 aliphatic carbocycles. The Labute approximate surface area is 147 Å². The number of amides is 1. The summed E-state index contributed by atoms with van der Waals surface area (Å²) in [6.07, 6.45) is 9.22. The van der Waals surface area contributed by atoms with E-state index >= 15 is 0 Å². The summed E-state index contributed by atoms with van der Waals surface area (Å²) in [5, 5.41) is 3.03. The zero-order valence-corrected chi connectivity index (χ0v) is 14.4. The number of anilines is 1. The lowest BCUT2D eigenvalue weighted by Crippen LogP contribution is -2.50. The maximum absolute atomic E-state index is 12.2. The lowest BCUT2D eigenvalue weighted by molar-refractivity contribution is -0.122. The molecule has 0 unspecified atom stereocenters. The minimum absolute atomic E-state index is 0.0307. The van der Waals surface area contributed by atoms with Gasteiger partial charge in [0.15, 0.2) is 0 Å². The predicted octanol–water partition coefficient (Wildman–Crippen LogP) is 0.136. The molecule has 2 aromatic heterocycles. The molecule has 1 aliphatic rings. The van der Waals surface area contributed by atoms with Crippen molar-refractivity contribution < 1.29 is 4.79 Å². The van der Waals surface area contributed by atoms with Gasteiger partial charge in [0.25, 0.3) is 0 Å². The standard InChI is InChI=1S/C17H23N7O/c1-14(11-15-12-18-5-6-19-15)22-16(25)13-23-7-9-24(10-8-23)17-20-3-2-4-21-17/h2-6,12,14H,7-11,13H2,1H3,(H,22,25)/t14-/m0/s1. The normalized spacial score (nSPS) is 16.4. The van der Waals surface area contributed by atoms with E-state index in [1.165, 1.54) is 0 Å². The number of nitrogens with one attached hydrogen (secondary N) is 1. The van der Waals surface area contributed by atoms with Crippen LogP contribution in [0, 0.1) is 0 Å². The van der Waals surface area contributed by atoms with Crippen LogP contribution in [0.5, 0.6) is 0 Å². The lowest BCUT2D eigenvalue weighted by atomic mass is 10.2. The number of hydrogen-bond donors (Lipinski definition) is 1. The Balaban J connectivity index is 1.40. The second kappa shape index (κ2) is 8.48. The Bertz CT molecular complexity index is 659. The van der Waals surface area contributed by atoms with Gasteiger partial charge in [0.1, 0.15) is 0 Å². The molecule has 1 aliphatic heterocycles. The molecule has 1 atom stereocenters. The molecule has 1 amide bonds. The van der Waals surface area contributed by atoms with Gasteiger partial charge in [-0.15, -0.1) is 0 Å². The first kappa shape index (κ1) is 17.2. The maximum Gasteiger partial charge on any atom is 0.234 e. The number of nitrogens with zero attached hydrogens (tertiary/aromatic N) is 6. The molecule has 0 radical (unpaired) electrons. The van der Waals surface area contributed by atoms with Crippen molar-refractivity contribution in [3.63, 3.8) is 0 Å². The first-order chi connectivity index (χ1) is 12.2. The lowest BCUT2D eigenvalue weighted by Gasteiger charge is -2.34. The number of hydrogen-bond acceptors (Lipinski definition) is 7. The van der Waals surface area contributed by atoms with Crippen LogP contribution in [0.1, 0.15) is 12.6 Å². The molecule has 132 valence electrons. The number of rotatable bonds is 6. The average Bonchev–Trinajstić information content (AvgIpc) is 2.63. The molecule has 1 N–H and O–H groups in total. The summed E-state index contributed by atoms with van der Waals surface area (Å²) in [5.74, 6) is 0.796. The molecule has 8 heteroatoms. The number of carbonyl (C=O) groups is 1. The van der Waals surface area contributed by atoms with Crippen LogP contribution < -0.4 is 10.2 Å². The third-order valence-corrected chi connectivity index (χ3v) is 4.11. The molecule has 0 bridgehead atoms. The number of aromatic nitrogens is 4. The van der Waals surface area contributed by atoms with E-state index in [2.05, 4.69) is 35.1 Å². The maximum atomic E-state index is 12.2. The summed E-state index contributed by atoms with van der Waals surface area (Å²) in [7, 11) is 0. The molecule has 0 saturated carbocycles. The SMILES string of the molecule is C[C@@H](Cc1cnccn1)NC(=O)CN1CCN(c2ncccn2)CC1. The van der Waals surface area contributed by atoms with Crippen molar-refractivity contribution in [3.8, 4) is 0 Å². The van der Waals surface area contributed by atoms with Crippen LogP contribution in [-0.4, -0.2) is 69.5 Å². The van der Waals surface area contributed by atoms with Crippen molar-refractivity contribution in [1.29, 1.82) is 0 Å². The van der Waals surface area contributed by atoms with Crippen LogP contribution in [0.3, 0.4) is 0 Å². The van der Waals surface area contributed by atoms with Gasteiger partial charge in [0, 0.05) is 69.6 Å². The quantitative estimate of drug-likeness (QED) is 0.799. The Morgan fingerprint density at radius 1 is 1.12 bits per heavy atom. The highest BCUT2D eigenvalue weighted by molar-refractivity contribution is 5.78. The summed E-state index contributed by atoms with van der Waals surface area (Å²) < 4.78 is 0. The van der Waals surface area contributed by atoms with E-state index in [-0.39, 0.29) is 11.9 Å². The topological polar surface area (TPSA) is 87.1 Å². The van der Waals surface area contributed by atoms with E-state index in [4.69, 9.17) is 0 Å². The van der Waals surface area contributed by atoms with E-state index in [0.29, 0.717) is 13.0 Å². The molecule has 0 spiro atoms. The molecule has 1 fully saturated rings. The molecule has 2 aromatic rings. The fourth-order valence-corrected chi connectivity index (χ4v) is 2.88. The zero-order chi connectivity index (χ0) is 17.5. The van der Waals surface area contributed by atoms with Crippen molar-refractivity contribution in [3.05, 3.63) is 42.7 Å². The molecular formula is C17H23N7O. The highest BCUT2D eigenvalue weighted by Crippen LogP contribution is 2.09. The molecule has 3 rings (SSSR count). The average molecular weight is 341 g/mol. The molecule has 3 heterocycles. The van der Waals surface area contributed by atoms with Crippen molar-refractivity contribution in [2.45, 2.75) is 19.4 Å². The summed E-state index contributed by atoms with van der Waals surface area (Å²) in [6, 6.07) is 1.84. The van der Waals surface area contributed by atoms with Crippen LogP contribution in [0.2, 0.25) is 0 Å². The third-order valence-electron chi connectivity index (χ3n) is 4.11. The molecule has 25 heavy (non-hydrogen) atoms. The fourth-order valence-electron chi connectivity index (χ4n) is 2.88. The predicted molar refractivity (Wildman–Crippen MR) is 94.0 cm³/mol. The number of carbonyl (C=O) groups excluding carboxylic acids is 1. The van der Waals surface area contributed by atoms with Crippen molar-refractivity contribution in [1.82, 2.24) is 30.2 Å². The Hall–Kier alpha value is -2.61. The van der Waals surface area contributed by atoms with E-state index in [0.717, 1.165) is 37.8 Å². The largest absolute Gasteiger partial charge is 0.352 e. The zero-order valence-electron chi connectivity index (χ0n) is 14.4. The summed E-state index contributed by atoms with van der Waals surface area (Å²) in [6.45, 7) is 5.69. The second-order valence-electron chi connectivity index (χ2n) is 6.18. The van der Waals surface area contributed by atoms with Gasteiger partial charge in [-0.3, -0.25) is 19.7 Å². The minimum atomic E-state index is 0.0307. The summed E-state index contributed by atoms with van der Waals surface area (Å²) in [4.78, 5) is 33.4. The Morgan fingerprint density at radius 2 is 1.88 bits per heavy atom. The van der Waals surface area contributed by atoms with Crippen molar-refractivity contribution >= 4 is 11.9 Å². The van der Waals surface area contributed by atoms with Crippen LogP contribution in [0.4, 0.5) is 5.95 Å². The van der Waals surface area contributed by atoms with Crippen molar-refractivity contribution in [2.24, 2.45) is 0 Å². The smallest absolute Gasteiger partial charge is 0.234 e.